The predicted molar refractivity (Wildman–Crippen MR) is 101 cm³/mol. The number of carbonyl (C=O) groups excluding carboxylic acids is 2. The maximum atomic E-state index is 12.0. The van der Waals surface area contributed by atoms with Gasteiger partial charge in [0.25, 0.3) is 0 Å². The smallest absolute Gasteiger partial charge is 0.248 e. The summed E-state index contributed by atoms with van der Waals surface area (Å²) in [6.07, 6.45) is 5.34. The van der Waals surface area contributed by atoms with Crippen LogP contribution < -0.4 is 11.1 Å². The SMILES string of the molecule is CC(C)(C)C=CC(=O)Nc1cccc(CN2CCCC(C(N)=O)C2)c1. The molecule has 0 saturated carbocycles. The van der Waals surface area contributed by atoms with Crippen molar-refractivity contribution < 1.29 is 9.59 Å². The van der Waals surface area contributed by atoms with Crippen LogP contribution in [0.3, 0.4) is 0 Å². The number of rotatable bonds is 5. The van der Waals surface area contributed by atoms with Crippen molar-refractivity contribution in [3.8, 4) is 0 Å². The standard InChI is InChI=1S/C20H29N3O2/c1-20(2,3)10-9-18(24)22-17-8-4-6-15(12-17)13-23-11-5-7-16(14-23)19(21)25/h4,6,8-10,12,16H,5,7,11,13-14H2,1-3H3,(H2,21,25)(H,22,24). The number of anilines is 1. The lowest BCUT2D eigenvalue weighted by Crippen LogP contribution is -2.40. The Labute approximate surface area is 150 Å². The Bertz CT molecular complexity index is 647. The van der Waals surface area contributed by atoms with Crippen LogP contribution in [0.2, 0.25) is 0 Å². The van der Waals surface area contributed by atoms with Crippen molar-refractivity contribution in [2.24, 2.45) is 17.1 Å². The first kappa shape index (κ1) is 19.2. The van der Waals surface area contributed by atoms with Gasteiger partial charge in [-0.2, -0.15) is 0 Å². The highest BCUT2D eigenvalue weighted by atomic mass is 16.1. The van der Waals surface area contributed by atoms with Crippen LogP contribution in [0, 0.1) is 11.3 Å². The van der Waals surface area contributed by atoms with Gasteiger partial charge in [-0.05, 0) is 48.6 Å². The van der Waals surface area contributed by atoms with Gasteiger partial charge in [0.2, 0.25) is 11.8 Å². The first-order chi connectivity index (χ1) is 11.7. The van der Waals surface area contributed by atoms with Crippen LogP contribution in [0.25, 0.3) is 0 Å². The largest absolute Gasteiger partial charge is 0.369 e. The fourth-order valence-electron chi connectivity index (χ4n) is 2.95. The van der Waals surface area contributed by atoms with Crippen molar-refractivity contribution in [3.05, 3.63) is 42.0 Å². The molecule has 1 heterocycles. The number of nitrogens with zero attached hydrogens (tertiary/aromatic N) is 1. The van der Waals surface area contributed by atoms with E-state index >= 15 is 0 Å². The van der Waals surface area contributed by atoms with E-state index in [9.17, 15) is 9.59 Å². The lowest BCUT2D eigenvalue weighted by atomic mass is 9.96. The second-order valence-electron chi connectivity index (χ2n) is 7.87. The highest BCUT2D eigenvalue weighted by Crippen LogP contribution is 2.20. The van der Waals surface area contributed by atoms with Gasteiger partial charge in [-0.1, -0.05) is 39.0 Å². The molecule has 136 valence electrons. The number of nitrogens with two attached hydrogens (primary N) is 1. The third kappa shape index (κ3) is 6.70. The molecule has 1 unspecified atom stereocenters. The maximum absolute atomic E-state index is 12.0. The van der Waals surface area contributed by atoms with Crippen LogP contribution in [-0.2, 0) is 16.1 Å². The average Bonchev–Trinajstić information content (AvgIpc) is 2.53. The second kappa shape index (κ2) is 8.30. The van der Waals surface area contributed by atoms with Crippen molar-refractivity contribution in [1.82, 2.24) is 4.90 Å². The highest BCUT2D eigenvalue weighted by molar-refractivity contribution is 5.99. The summed E-state index contributed by atoms with van der Waals surface area (Å²) in [5.74, 6) is -0.394. The Morgan fingerprint density at radius 3 is 2.80 bits per heavy atom. The van der Waals surface area contributed by atoms with E-state index in [-0.39, 0.29) is 23.1 Å². The van der Waals surface area contributed by atoms with Gasteiger partial charge in [0, 0.05) is 18.8 Å². The Morgan fingerprint density at radius 1 is 1.36 bits per heavy atom. The fraction of sp³-hybridized carbons (Fsp3) is 0.500. The molecule has 0 spiro atoms. The molecule has 1 aliphatic heterocycles. The Balaban J connectivity index is 1.95. The average molecular weight is 343 g/mol. The number of benzene rings is 1. The molecule has 0 aromatic heterocycles. The number of likely N-dealkylation sites (tertiary alicyclic amines) is 1. The van der Waals surface area contributed by atoms with Crippen LogP contribution in [0.15, 0.2) is 36.4 Å². The minimum Gasteiger partial charge on any atom is -0.369 e. The molecule has 1 aliphatic rings. The summed E-state index contributed by atoms with van der Waals surface area (Å²) in [5.41, 5.74) is 7.31. The molecule has 1 fully saturated rings. The summed E-state index contributed by atoms with van der Waals surface area (Å²) < 4.78 is 0. The number of allylic oxidation sites excluding steroid dienone is 1. The number of nitrogens with one attached hydrogen (secondary N) is 1. The van der Waals surface area contributed by atoms with E-state index in [1.54, 1.807) is 6.08 Å². The van der Waals surface area contributed by atoms with E-state index in [0.29, 0.717) is 6.54 Å². The molecule has 0 aliphatic carbocycles. The molecule has 5 heteroatoms. The first-order valence-corrected chi connectivity index (χ1v) is 8.84. The van der Waals surface area contributed by atoms with Gasteiger partial charge in [-0.3, -0.25) is 14.5 Å². The Hall–Kier alpha value is -2.14. The van der Waals surface area contributed by atoms with Crippen molar-refractivity contribution in [2.75, 3.05) is 18.4 Å². The van der Waals surface area contributed by atoms with Gasteiger partial charge < -0.3 is 11.1 Å². The number of primary amides is 1. The summed E-state index contributed by atoms with van der Waals surface area (Å²) in [5, 5.41) is 2.90. The van der Waals surface area contributed by atoms with E-state index in [2.05, 4.69) is 31.0 Å². The molecule has 1 aromatic rings. The quantitative estimate of drug-likeness (QED) is 0.807. The first-order valence-electron chi connectivity index (χ1n) is 8.84. The zero-order chi connectivity index (χ0) is 18.4. The Morgan fingerprint density at radius 2 is 2.12 bits per heavy atom. The number of hydrogen-bond acceptors (Lipinski definition) is 3. The van der Waals surface area contributed by atoms with Crippen molar-refractivity contribution in [3.63, 3.8) is 0 Å². The monoisotopic (exact) mass is 343 g/mol. The molecule has 0 radical (unpaired) electrons. The number of amides is 2. The molecule has 1 aromatic carbocycles. The number of carbonyl (C=O) groups is 2. The van der Waals surface area contributed by atoms with Crippen molar-refractivity contribution in [1.29, 1.82) is 0 Å². The molecule has 2 amide bonds. The van der Waals surface area contributed by atoms with Gasteiger partial charge in [0.15, 0.2) is 0 Å². The van der Waals surface area contributed by atoms with Crippen LogP contribution in [-0.4, -0.2) is 29.8 Å². The molecule has 5 nitrogen and oxygen atoms in total. The van der Waals surface area contributed by atoms with Crippen LogP contribution >= 0.6 is 0 Å². The minimum absolute atomic E-state index is 0.0234. The van der Waals surface area contributed by atoms with Crippen molar-refractivity contribution in [2.45, 2.75) is 40.2 Å². The van der Waals surface area contributed by atoms with Crippen LogP contribution in [0.5, 0.6) is 0 Å². The highest BCUT2D eigenvalue weighted by Gasteiger charge is 2.23. The third-order valence-corrected chi connectivity index (χ3v) is 4.24. The maximum Gasteiger partial charge on any atom is 0.248 e. The molecule has 2 rings (SSSR count). The normalized spacial score (nSPS) is 19.1. The molecule has 1 atom stereocenters. The summed E-state index contributed by atoms with van der Waals surface area (Å²) in [6, 6.07) is 7.84. The Kier molecular flexibility index (Phi) is 6.37. The molecule has 0 bridgehead atoms. The van der Waals surface area contributed by atoms with Crippen molar-refractivity contribution >= 4 is 17.5 Å². The summed E-state index contributed by atoms with van der Waals surface area (Å²) in [7, 11) is 0. The minimum atomic E-state index is -0.212. The molecule has 3 N–H and O–H groups in total. The van der Waals surface area contributed by atoms with E-state index in [1.807, 2.05) is 30.3 Å². The van der Waals surface area contributed by atoms with E-state index in [0.717, 1.165) is 37.2 Å². The van der Waals surface area contributed by atoms with Crippen LogP contribution in [0.4, 0.5) is 5.69 Å². The summed E-state index contributed by atoms with van der Waals surface area (Å²) in [4.78, 5) is 25.7. The third-order valence-electron chi connectivity index (χ3n) is 4.24. The van der Waals surface area contributed by atoms with Gasteiger partial charge in [-0.15, -0.1) is 0 Å². The zero-order valence-electron chi connectivity index (χ0n) is 15.4. The van der Waals surface area contributed by atoms with E-state index in [1.165, 1.54) is 0 Å². The lowest BCUT2D eigenvalue weighted by molar-refractivity contribution is -0.123. The summed E-state index contributed by atoms with van der Waals surface area (Å²) in [6.45, 7) is 8.58. The topological polar surface area (TPSA) is 75.4 Å². The van der Waals surface area contributed by atoms with E-state index in [4.69, 9.17) is 5.73 Å². The van der Waals surface area contributed by atoms with Gasteiger partial charge in [0.1, 0.15) is 0 Å². The van der Waals surface area contributed by atoms with Crippen LogP contribution in [0.1, 0.15) is 39.2 Å². The molecule has 25 heavy (non-hydrogen) atoms. The van der Waals surface area contributed by atoms with E-state index < -0.39 is 0 Å². The number of piperidine rings is 1. The van der Waals surface area contributed by atoms with Gasteiger partial charge >= 0.3 is 0 Å². The van der Waals surface area contributed by atoms with Gasteiger partial charge in [-0.25, -0.2) is 0 Å². The fourth-order valence-corrected chi connectivity index (χ4v) is 2.95. The summed E-state index contributed by atoms with van der Waals surface area (Å²) >= 11 is 0. The second-order valence-corrected chi connectivity index (χ2v) is 7.87. The molecule has 1 saturated heterocycles. The lowest BCUT2D eigenvalue weighted by Gasteiger charge is -2.31. The van der Waals surface area contributed by atoms with Gasteiger partial charge in [0.05, 0.1) is 5.92 Å². The molecular formula is C20H29N3O2. The number of hydrogen-bond donors (Lipinski definition) is 2. The predicted octanol–water partition coefficient (Wildman–Crippen LogP) is 2.92. The molecular weight excluding hydrogens is 314 g/mol. The zero-order valence-corrected chi connectivity index (χ0v) is 15.4.